The molecule has 0 fully saturated rings. The number of hydrogen-bond acceptors (Lipinski definition) is 4. The van der Waals surface area contributed by atoms with Crippen LogP contribution in [0.4, 0.5) is 5.69 Å². The van der Waals surface area contributed by atoms with Gasteiger partial charge in [-0.3, -0.25) is 9.59 Å². The van der Waals surface area contributed by atoms with Crippen LogP contribution < -0.4 is 10.6 Å². The Hall–Kier alpha value is -2.57. The molecule has 0 amide bonds. The van der Waals surface area contributed by atoms with Crippen LogP contribution in [-0.4, -0.2) is 35.2 Å². The fourth-order valence-corrected chi connectivity index (χ4v) is 3.73. The van der Waals surface area contributed by atoms with E-state index in [9.17, 15) is 9.59 Å². The topological polar surface area (TPSA) is 98.7 Å². The van der Waals surface area contributed by atoms with Crippen LogP contribution in [0.25, 0.3) is 0 Å². The zero-order valence-corrected chi connectivity index (χ0v) is 19.8. The van der Waals surface area contributed by atoms with E-state index in [4.69, 9.17) is 21.8 Å². The fraction of sp³-hybridized carbons (Fsp3) is 0.440. The first-order valence-corrected chi connectivity index (χ1v) is 11.2. The van der Waals surface area contributed by atoms with Crippen LogP contribution in [0, 0.1) is 0 Å². The molecule has 0 aromatic heterocycles. The van der Waals surface area contributed by atoms with Crippen LogP contribution in [0.5, 0.6) is 0 Å². The molecule has 1 aliphatic heterocycles. The Morgan fingerprint density at radius 3 is 2.31 bits per heavy atom. The van der Waals surface area contributed by atoms with Crippen molar-refractivity contribution >= 4 is 29.2 Å². The van der Waals surface area contributed by atoms with Crippen LogP contribution in [0.3, 0.4) is 0 Å². The summed E-state index contributed by atoms with van der Waals surface area (Å²) in [7, 11) is 0. The molecule has 1 aliphatic rings. The first-order valence-electron chi connectivity index (χ1n) is 10.9. The predicted octanol–water partition coefficient (Wildman–Crippen LogP) is 4.87. The second-order valence-corrected chi connectivity index (χ2v) is 9.31. The smallest absolute Gasteiger partial charge is 0.303 e. The summed E-state index contributed by atoms with van der Waals surface area (Å²) in [6.07, 6.45) is 1.51. The maximum atomic E-state index is 9.64. The van der Waals surface area contributed by atoms with Gasteiger partial charge in [0.05, 0.1) is 23.6 Å². The number of carboxylic acid groups (broad SMARTS) is 2. The minimum atomic E-state index is -1.08. The van der Waals surface area contributed by atoms with Crippen molar-refractivity contribution in [3.63, 3.8) is 0 Å². The van der Waals surface area contributed by atoms with Gasteiger partial charge in [0.1, 0.15) is 0 Å². The molecule has 0 bridgehead atoms. The summed E-state index contributed by atoms with van der Waals surface area (Å²) in [4.78, 5) is 19.3. The lowest BCUT2D eigenvalue weighted by molar-refractivity contribution is -0.143. The minimum Gasteiger partial charge on any atom is -0.481 e. The highest BCUT2D eigenvalue weighted by atomic mass is 35.5. The summed E-state index contributed by atoms with van der Waals surface area (Å²) in [6, 6.07) is 13.0. The van der Waals surface area contributed by atoms with E-state index < -0.39 is 11.9 Å². The lowest BCUT2D eigenvalue weighted by Gasteiger charge is -2.20. The third-order valence-corrected chi connectivity index (χ3v) is 5.61. The summed E-state index contributed by atoms with van der Waals surface area (Å²) in [5.41, 5.74) is 6.73. The zero-order chi connectivity index (χ0) is 23.7. The molecule has 6 nitrogen and oxygen atoms in total. The quantitative estimate of drug-likeness (QED) is 0.490. The van der Waals surface area contributed by atoms with E-state index in [-0.39, 0.29) is 18.3 Å². The summed E-state index contributed by atoms with van der Waals surface area (Å²) >= 11 is 6.50. The average Bonchev–Trinajstić information content (AvgIpc) is 2.97. The third kappa shape index (κ3) is 8.17. The van der Waals surface area contributed by atoms with E-state index in [0.717, 1.165) is 43.2 Å². The lowest BCUT2D eigenvalue weighted by Crippen LogP contribution is -2.16. The Morgan fingerprint density at radius 2 is 1.69 bits per heavy atom. The molecule has 7 heteroatoms. The van der Waals surface area contributed by atoms with E-state index in [2.05, 4.69) is 61.7 Å². The van der Waals surface area contributed by atoms with Gasteiger partial charge in [0, 0.05) is 6.54 Å². The Balaban J connectivity index is 0.000000390. The van der Waals surface area contributed by atoms with Gasteiger partial charge in [-0.1, -0.05) is 62.7 Å². The first-order chi connectivity index (χ1) is 15.1. The molecule has 1 heterocycles. The van der Waals surface area contributed by atoms with Gasteiger partial charge in [0.15, 0.2) is 0 Å². The third-order valence-electron chi connectivity index (χ3n) is 5.30. The van der Waals surface area contributed by atoms with Crippen molar-refractivity contribution < 1.29 is 19.8 Å². The maximum Gasteiger partial charge on any atom is 0.303 e. The number of carboxylic acids is 2. The summed E-state index contributed by atoms with van der Waals surface area (Å²) in [5, 5.41) is 23.7. The molecule has 2 aromatic rings. The number of fused-ring (bicyclic) bond motifs is 1. The van der Waals surface area contributed by atoms with Crippen molar-refractivity contribution in [3.05, 3.63) is 63.7 Å². The van der Waals surface area contributed by atoms with Gasteiger partial charge in [0.2, 0.25) is 0 Å². The Kier molecular flexibility index (Phi) is 9.54. The van der Waals surface area contributed by atoms with E-state index in [1.807, 2.05) is 6.07 Å². The number of nitrogens with one attached hydrogen (secondary N) is 2. The number of carbonyl (C=O) groups is 2. The second-order valence-electron chi connectivity index (χ2n) is 8.90. The molecule has 0 saturated heterocycles. The van der Waals surface area contributed by atoms with Crippen LogP contribution >= 0.6 is 11.6 Å². The molecule has 0 aliphatic carbocycles. The molecule has 0 unspecified atom stereocenters. The number of rotatable bonds is 6. The molecule has 2 aromatic carbocycles. The van der Waals surface area contributed by atoms with Gasteiger partial charge in [-0.15, -0.1) is 0 Å². The van der Waals surface area contributed by atoms with Crippen molar-refractivity contribution in [2.45, 2.75) is 58.4 Å². The standard InChI is InChI=1S/C21H27ClN2.C4H6O4/c1-21(2,3)17-6-4-5-15(13-17)14-24-20-18-10-12-23-11-9-16(18)7-8-19(20)22;5-3(6)1-2-4(7)8/h4-8,13,23-24H,9-12,14H2,1-3H3;1-2H2,(H,5,6)(H,7,8). The molecular formula is C25H33ClN2O4. The highest BCUT2D eigenvalue weighted by Crippen LogP contribution is 2.31. The number of hydrogen-bond donors (Lipinski definition) is 4. The zero-order valence-electron chi connectivity index (χ0n) is 19.0. The van der Waals surface area contributed by atoms with Gasteiger partial charge >= 0.3 is 11.9 Å². The van der Waals surface area contributed by atoms with Gasteiger partial charge in [-0.25, -0.2) is 0 Å². The van der Waals surface area contributed by atoms with E-state index in [1.165, 1.54) is 22.3 Å². The number of halogens is 1. The van der Waals surface area contributed by atoms with Crippen molar-refractivity contribution in [1.29, 1.82) is 0 Å². The Bertz CT molecular complexity index is 924. The lowest BCUT2D eigenvalue weighted by atomic mass is 9.86. The first kappa shape index (κ1) is 25.7. The van der Waals surface area contributed by atoms with E-state index in [0.29, 0.717) is 0 Å². The fourth-order valence-electron chi connectivity index (χ4n) is 3.49. The van der Waals surface area contributed by atoms with Crippen molar-refractivity contribution in [3.8, 4) is 0 Å². The highest BCUT2D eigenvalue weighted by Gasteiger charge is 2.16. The molecule has 0 atom stereocenters. The summed E-state index contributed by atoms with van der Waals surface area (Å²) in [5.74, 6) is -2.15. The maximum absolute atomic E-state index is 9.64. The van der Waals surface area contributed by atoms with Crippen LogP contribution in [-0.2, 0) is 34.4 Å². The number of anilines is 1. The monoisotopic (exact) mass is 460 g/mol. The highest BCUT2D eigenvalue weighted by molar-refractivity contribution is 6.33. The van der Waals surface area contributed by atoms with Gasteiger partial charge in [-0.2, -0.15) is 0 Å². The largest absolute Gasteiger partial charge is 0.481 e. The van der Waals surface area contributed by atoms with Crippen LogP contribution in [0.15, 0.2) is 36.4 Å². The summed E-state index contributed by atoms with van der Waals surface area (Å²) in [6.45, 7) is 9.61. The number of benzene rings is 2. The molecule has 4 N–H and O–H groups in total. The van der Waals surface area contributed by atoms with Gasteiger partial charge < -0.3 is 20.8 Å². The van der Waals surface area contributed by atoms with Gasteiger partial charge in [-0.05, 0) is 59.7 Å². The molecule has 0 spiro atoms. The van der Waals surface area contributed by atoms with Crippen LogP contribution in [0.2, 0.25) is 5.02 Å². The minimum absolute atomic E-state index is 0.170. The van der Waals surface area contributed by atoms with Gasteiger partial charge in [0.25, 0.3) is 0 Å². The summed E-state index contributed by atoms with van der Waals surface area (Å²) < 4.78 is 0. The normalized spacial score (nSPS) is 13.2. The van der Waals surface area contributed by atoms with Crippen molar-refractivity contribution in [2.75, 3.05) is 18.4 Å². The Labute approximate surface area is 195 Å². The molecule has 174 valence electrons. The molecule has 0 saturated carbocycles. The van der Waals surface area contributed by atoms with Crippen LogP contribution in [0.1, 0.15) is 55.9 Å². The molecular weight excluding hydrogens is 428 g/mol. The molecule has 0 radical (unpaired) electrons. The average molecular weight is 461 g/mol. The van der Waals surface area contributed by atoms with Crippen molar-refractivity contribution in [2.24, 2.45) is 0 Å². The second kappa shape index (κ2) is 11.9. The number of aliphatic carboxylic acids is 2. The SMILES string of the molecule is CC(C)(C)c1cccc(CNc2c(Cl)ccc3c2CCNCC3)c1.O=C(O)CCC(=O)O. The van der Waals surface area contributed by atoms with Crippen molar-refractivity contribution in [1.82, 2.24) is 5.32 Å². The van der Waals surface area contributed by atoms with E-state index in [1.54, 1.807) is 0 Å². The molecule has 3 rings (SSSR count). The predicted molar refractivity (Wildman–Crippen MR) is 129 cm³/mol. The Morgan fingerprint density at radius 1 is 1.03 bits per heavy atom. The van der Waals surface area contributed by atoms with E-state index >= 15 is 0 Å². The molecule has 32 heavy (non-hydrogen) atoms.